The molecule has 1 aliphatic heterocycles. The van der Waals surface area contributed by atoms with Crippen molar-refractivity contribution in [1.29, 1.82) is 5.26 Å². The molecule has 6 nitrogen and oxygen atoms in total. The summed E-state index contributed by atoms with van der Waals surface area (Å²) in [5.41, 5.74) is 0.188. The standard InChI is InChI=1S/C27H38N4O2/c1-24(2,23(33)29-26(19-28)12-13-26)16-17-31-20-25(18-22(31)32)10-14-27(15-11-25,30(3)4)21-8-6-5-7-9-21/h5-9H,10-18,20H2,1-4H3,(H,29,33). The van der Waals surface area contributed by atoms with E-state index < -0.39 is 11.0 Å². The Hall–Kier alpha value is -2.39. The van der Waals surface area contributed by atoms with E-state index in [1.807, 2.05) is 18.7 Å². The van der Waals surface area contributed by atoms with Crippen LogP contribution >= 0.6 is 0 Å². The highest BCUT2D eigenvalue weighted by atomic mass is 16.2. The smallest absolute Gasteiger partial charge is 0.226 e. The quantitative estimate of drug-likeness (QED) is 0.685. The molecule has 33 heavy (non-hydrogen) atoms. The first-order valence-corrected chi connectivity index (χ1v) is 12.3. The molecule has 3 fully saturated rings. The van der Waals surface area contributed by atoms with Gasteiger partial charge in [-0.05, 0) is 70.0 Å². The Morgan fingerprint density at radius 3 is 2.30 bits per heavy atom. The van der Waals surface area contributed by atoms with E-state index in [1.54, 1.807) is 0 Å². The van der Waals surface area contributed by atoms with Gasteiger partial charge in [0.15, 0.2) is 0 Å². The number of rotatable bonds is 7. The number of carbonyl (C=O) groups is 2. The predicted molar refractivity (Wildman–Crippen MR) is 128 cm³/mol. The van der Waals surface area contributed by atoms with Crippen molar-refractivity contribution in [3.8, 4) is 6.07 Å². The highest BCUT2D eigenvalue weighted by Crippen LogP contribution is 2.52. The fourth-order valence-corrected chi connectivity index (χ4v) is 5.76. The number of hydrogen-bond donors (Lipinski definition) is 1. The Bertz CT molecular complexity index is 935. The van der Waals surface area contributed by atoms with Gasteiger partial charge in [0.05, 0.1) is 6.07 Å². The molecule has 1 heterocycles. The summed E-state index contributed by atoms with van der Waals surface area (Å²) in [6.07, 6.45) is 6.87. The average molecular weight is 451 g/mol. The molecule has 0 aromatic heterocycles. The summed E-state index contributed by atoms with van der Waals surface area (Å²) in [6, 6.07) is 13.0. The summed E-state index contributed by atoms with van der Waals surface area (Å²) < 4.78 is 0. The van der Waals surface area contributed by atoms with Crippen molar-refractivity contribution >= 4 is 11.8 Å². The molecule has 6 heteroatoms. The van der Waals surface area contributed by atoms with Gasteiger partial charge in [0, 0.05) is 30.5 Å². The van der Waals surface area contributed by atoms with Crippen LogP contribution in [0.4, 0.5) is 0 Å². The highest BCUT2D eigenvalue weighted by molar-refractivity contribution is 5.84. The third-order valence-corrected chi connectivity index (χ3v) is 8.65. The fourth-order valence-electron chi connectivity index (χ4n) is 5.76. The van der Waals surface area contributed by atoms with E-state index in [4.69, 9.17) is 0 Å². The maximum atomic E-state index is 13.0. The second-order valence-electron chi connectivity index (χ2n) is 11.6. The van der Waals surface area contributed by atoms with Gasteiger partial charge in [-0.1, -0.05) is 44.2 Å². The molecule has 2 amide bonds. The van der Waals surface area contributed by atoms with E-state index in [1.165, 1.54) is 5.56 Å². The van der Waals surface area contributed by atoms with Crippen molar-refractivity contribution in [2.75, 3.05) is 27.2 Å². The number of nitriles is 1. The van der Waals surface area contributed by atoms with E-state index in [0.29, 0.717) is 19.4 Å². The van der Waals surface area contributed by atoms with Crippen LogP contribution in [0.25, 0.3) is 0 Å². The fraction of sp³-hybridized carbons (Fsp3) is 0.667. The Labute approximate surface area is 198 Å². The summed E-state index contributed by atoms with van der Waals surface area (Å²) in [6.45, 7) is 5.22. The van der Waals surface area contributed by atoms with Gasteiger partial charge in [0.1, 0.15) is 5.54 Å². The lowest BCUT2D eigenvalue weighted by atomic mass is 9.64. The summed E-state index contributed by atoms with van der Waals surface area (Å²) >= 11 is 0. The number of nitrogens with zero attached hydrogens (tertiary/aromatic N) is 3. The maximum Gasteiger partial charge on any atom is 0.226 e. The zero-order valence-electron chi connectivity index (χ0n) is 20.6. The van der Waals surface area contributed by atoms with Crippen molar-refractivity contribution < 1.29 is 9.59 Å². The van der Waals surface area contributed by atoms with Crippen molar-refractivity contribution in [3.05, 3.63) is 35.9 Å². The molecule has 4 rings (SSSR count). The third-order valence-electron chi connectivity index (χ3n) is 8.65. The molecule has 1 N–H and O–H groups in total. The van der Waals surface area contributed by atoms with Crippen LogP contribution in [-0.2, 0) is 15.1 Å². The lowest BCUT2D eigenvalue weighted by Gasteiger charge is -2.49. The van der Waals surface area contributed by atoms with Crippen molar-refractivity contribution in [2.45, 2.75) is 76.3 Å². The van der Waals surface area contributed by atoms with E-state index in [0.717, 1.165) is 45.1 Å². The Morgan fingerprint density at radius 1 is 1.12 bits per heavy atom. The van der Waals surface area contributed by atoms with Crippen LogP contribution in [0.3, 0.4) is 0 Å². The SMILES string of the molecule is CN(C)C1(c2ccccc2)CCC2(CC1)CC(=O)N(CCC(C)(C)C(=O)NC1(C#N)CC1)C2. The Morgan fingerprint density at radius 2 is 1.76 bits per heavy atom. The number of carbonyl (C=O) groups excluding carboxylic acids is 2. The van der Waals surface area contributed by atoms with Crippen LogP contribution in [0.15, 0.2) is 30.3 Å². The number of nitrogens with one attached hydrogen (secondary N) is 1. The Kier molecular flexibility index (Phi) is 6.07. The monoisotopic (exact) mass is 450 g/mol. The molecule has 0 unspecified atom stereocenters. The second-order valence-corrected chi connectivity index (χ2v) is 11.6. The minimum absolute atomic E-state index is 0.0303. The van der Waals surface area contributed by atoms with Crippen molar-refractivity contribution in [3.63, 3.8) is 0 Å². The van der Waals surface area contributed by atoms with Crippen LogP contribution in [0.5, 0.6) is 0 Å². The molecule has 0 atom stereocenters. The molecule has 1 aromatic rings. The van der Waals surface area contributed by atoms with Crippen LogP contribution in [0, 0.1) is 22.2 Å². The van der Waals surface area contributed by atoms with E-state index >= 15 is 0 Å². The zero-order chi connectivity index (χ0) is 23.9. The van der Waals surface area contributed by atoms with Crippen LogP contribution in [0.2, 0.25) is 0 Å². The van der Waals surface area contributed by atoms with Gasteiger partial charge in [0.2, 0.25) is 11.8 Å². The van der Waals surface area contributed by atoms with E-state index in [2.05, 4.69) is 60.7 Å². The van der Waals surface area contributed by atoms with E-state index in [9.17, 15) is 14.9 Å². The molecule has 0 bridgehead atoms. The van der Waals surface area contributed by atoms with Gasteiger partial charge in [-0.3, -0.25) is 14.5 Å². The van der Waals surface area contributed by atoms with Crippen molar-refractivity contribution in [2.24, 2.45) is 10.8 Å². The summed E-state index contributed by atoms with van der Waals surface area (Å²) in [5.74, 6) is 0.137. The van der Waals surface area contributed by atoms with Gasteiger partial charge in [0.25, 0.3) is 0 Å². The molecule has 1 aromatic carbocycles. The number of likely N-dealkylation sites (tertiary alicyclic amines) is 1. The van der Waals surface area contributed by atoms with Crippen LogP contribution < -0.4 is 5.32 Å². The first-order valence-electron chi connectivity index (χ1n) is 12.3. The number of amides is 2. The second kappa shape index (κ2) is 8.43. The first-order chi connectivity index (χ1) is 15.6. The zero-order valence-corrected chi connectivity index (χ0v) is 20.6. The van der Waals surface area contributed by atoms with Crippen LogP contribution in [0.1, 0.15) is 70.8 Å². The van der Waals surface area contributed by atoms with E-state index in [-0.39, 0.29) is 22.8 Å². The molecular weight excluding hydrogens is 412 g/mol. The lowest BCUT2D eigenvalue weighted by Crippen LogP contribution is -2.47. The van der Waals surface area contributed by atoms with Gasteiger partial charge in [-0.15, -0.1) is 0 Å². The largest absolute Gasteiger partial charge is 0.342 e. The molecule has 0 radical (unpaired) electrons. The van der Waals surface area contributed by atoms with Gasteiger partial charge in [-0.2, -0.15) is 5.26 Å². The van der Waals surface area contributed by atoms with Gasteiger partial charge in [-0.25, -0.2) is 0 Å². The molecule has 2 saturated carbocycles. The molecular formula is C27H38N4O2. The van der Waals surface area contributed by atoms with Gasteiger partial charge < -0.3 is 10.2 Å². The average Bonchev–Trinajstić information content (AvgIpc) is 3.50. The normalized spacial score (nSPS) is 28.7. The lowest BCUT2D eigenvalue weighted by molar-refractivity contribution is -0.132. The van der Waals surface area contributed by atoms with Crippen LogP contribution in [-0.4, -0.2) is 54.3 Å². The number of benzene rings is 1. The predicted octanol–water partition coefficient (Wildman–Crippen LogP) is 3.82. The molecule has 178 valence electrons. The minimum atomic E-state index is -0.651. The highest BCUT2D eigenvalue weighted by Gasteiger charge is 2.51. The molecule has 3 aliphatic rings. The Balaban J connectivity index is 1.37. The third kappa shape index (κ3) is 4.53. The number of hydrogen-bond acceptors (Lipinski definition) is 4. The molecule has 1 spiro atoms. The first kappa shape index (κ1) is 23.8. The van der Waals surface area contributed by atoms with Crippen molar-refractivity contribution in [1.82, 2.24) is 15.1 Å². The molecule has 1 saturated heterocycles. The summed E-state index contributed by atoms with van der Waals surface area (Å²) in [4.78, 5) is 30.1. The topological polar surface area (TPSA) is 76.4 Å². The van der Waals surface area contributed by atoms with Gasteiger partial charge >= 0.3 is 0 Å². The molecule has 2 aliphatic carbocycles. The minimum Gasteiger partial charge on any atom is -0.342 e. The summed E-state index contributed by atoms with van der Waals surface area (Å²) in [5, 5.41) is 12.2. The maximum absolute atomic E-state index is 13.0. The summed E-state index contributed by atoms with van der Waals surface area (Å²) in [7, 11) is 4.34.